The van der Waals surface area contributed by atoms with Gasteiger partial charge in [0.1, 0.15) is 12.2 Å². The molecule has 3 heterocycles. The van der Waals surface area contributed by atoms with Crippen molar-refractivity contribution in [1.29, 1.82) is 0 Å². The molecule has 0 amide bonds. The zero-order chi connectivity index (χ0) is 24.3. The molecule has 1 aromatic heterocycles. The van der Waals surface area contributed by atoms with E-state index in [0.29, 0.717) is 12.8 Å². The summed E-state index contributed by atoms with van der Waals surface area (Å²) in [5, 5.41) is 1.24. The Kier molecular flexibility index (Phi) is 7.45. The maximum atomic E-state index is 6.43. The number of hydrogen-bond donors (Lipinski definition) is 0. The maximum absolute atomic E-state index is 6.43. The Morgan fingerprint density at radius 1 is 0.917 bits per heavy atom. The van der Waals surface area contributed by atoms with E-state index >= 15 is 0 Å². The van der Waals surface area contributed by atoms with E-state index in [-0.39, 0.29) is 0 Å². The van der Waals surface area contributed by atoms with E-state index < -0.39 is 0 Å². The number of halogens is 1. The molecule has 2 aromatic carbocycles. The van der Waals surface area contributed by atoms with E-state index in [2.05, 4.69) is 73.1 Å². The molecule has 0 bridgehead atoms. The Hall–Kier alpha value is -2.15. The summed E-state index contributed by atoms with van der Waals surface area (Å²) in [6.45, 7) is 6.90. The smallest absolute Gasteiger partial charge is 0.152 e. The summed E-state index contributed by atoms with van der Waals surface area (Å²) in [6.07, 6.45) is 11.4. The summed E-state index contributed by atoms with van der Waals surface area (Å²) >= 11 is 3.55. The molecular weight excluding hydrogens is 512 g/mol. The Morgan fingerprint density at radius 3 is 2.44 bits per heavy atom. The van der Waals surface area contributed by atoms with Gasteiger partial charge in [-0.25, -0.2) is 0 Å². The van der Waals surface area contributed by atoms with Gasteiger partial charge in [-0.2, -0.15) is 0 Å². The average molecular weight is 550 g/mol. The van der Waals surface area contributed by atoms with E-state index in [1.54, 1.807) is 0 Å². The molecule has 190 valence electrons. The minimum absolute atomic E-state index is 0.646. The molecule has 3 aromatic rings. The lowest BCUT2D eigenvalue weighted by Gasteiger charge is -2.38. The van der Waals surface area contributed by atoms with Crippen LogP contribution in [0, 0.1) is 0 Å². The van der Waals surface area contributed by atoms with Crippen LogP contribution < -0.4 is 9.64 Å². The largest absolute Gasteiger partial charge is 0.475 e. The van der Waals surface area contributed by atoms with E-state index in [0.717, 1.165) is 55.0 Å². The summed E-state index contributed by atoms with van der Waals surface area (Å²) in [4.78, 5) is 12.5. The number of nitrogens with zero attached hydrogens (tertiary/aromatic N) is 4. The van der Waals surface area contributed by atoms with Crippen molar-refractivity contribution >= 4 is 32.5 Å². The van der Waals surface area contributed by atoms with Crippen LogP contribution in [0.25, 0.3) is 10.9 Å². The molecular formula is C30H37BrN4O. The lowest BCUT2D eigenvalue weighted by Crippen LogP contribution is -2.46. The molecule has 3 aliphatic rings. The van der Waals surface area contributed by atoms with E-state index in [1.165, 1.54) is 67.1 Å². The van der Waals surface area contributed by atoms with Crippen molar-refractivity contribution in [2.75, 3.05) is 37.8 Å². The van der Waals surface area contributed by atoms with Gasteiger partial charge >= 0.3 is 0 Å². The first-order chi connectivity index (χ1) is 17.7. The molecule has 0 N–H and O–H groups in total. The van der Waals surface area contributed by atoms with Gasteiger partial charge in [0.15, 0.2) is 5.75 Å². The second kappa shape index (κ2) is 11.1. The van der Waals surface area contributed by atoms with Crippen LogP contribution >= 0.6 is 15.9 Å². The molecule has 5 nitrogen and oxygen atoms in total. The van der Waals surface area contributed by atoms with Crippen molar-refractivity contribution in [2.45, 2.75) is 64.1 Å². The van der Waals surface area contributed by atoms with Gasteiger partial charge in [0.2, 0.25) is 0 Å². The van der Waals surface area contributed by atoms with Gasteiger partial charge < -0.3 is 9.64 Å². The minimum atomic E-state index is 0.646. The van der Waals surface area contributed by atoms with Crippen LogP contribution in [0.3, 0.4) is 0 Å². The molecule has 0 radical (unpaired) electrons. The van der Waals surface area contributed by atoms with Crippen LogP contribution in [0.15, 0.2) is 53.1 Å². The number of fused-ring (bicyclic) bond motifs is 3. The summed E-state index contributed by atoms with van der Waals surface area (Å²) in [5.74, 6) is 1.01. The van der Waals surface area contributed by atoms with Crippen LogP contribution in [0.5, 0.6) is 5.75 Å². The van der Waals surface area contributed by atoms with Gasteiger partial charge in [-0.3, -0.25) is 14.8 Å². The van der Waals surface area contributed by atoms with Crippen molar-refractivity contribution < 1.29 is 4.74 Å². The molecule has 0 spiro atoms. The first-order valence-corrected chi connectivity index (χ1v) is 14.5. The summed E-state index contributed by atoms with van der Waals surface area (Å²) < 4.78 is 7.57. The third-order valence-corrected chi connectivity index (χ3v) is 8.83. The van der Waals surface area contributed by atoms with Crippen LogP contribution in [0.4, 0.5) is 5.69 Å². The molecule has 6 rings (SSSR count). The van der Waals surface area contributed by atoms with Crippen molar-refractivity contribution in [3.8, 4) is 5.75 Å². The van der Waals surface area contributed by atoms with Crippen molar-refractivity contribution in [3.63, 3.8) is 0 Å². The van der Waals surface area contributed by atoms with Gasteiger partial charge in [0.25, 0.3) is 0 Å². The molecule has 2 aliphatic heterocycles. The SMILES string of the molecule is Brc1ccc(N2CCN(Cc3cc4c(c5ncccc35)OCN(C3CCCCCCC3)C4)CC2)cc1. The fourth-order valence-corrected chi connectivity index (χ4v) is 6.53. The molecule has 1 saturated carbocycles. The van der Waals surface area contributed by atoms with Crippen molar-refractivity contribution in [1.82, 2.24) is 14.8 Å². The molecule has 0 atom stereocenters. The van der Waals surface area contributed by atoms with E-state index in [1.807, 2.05) is 6.20 Å². The highest BCUT2D eigenvalue weighted by Gasteiger charge is 2.28. The van der Waals surface area contributed by atoms with E-state index in [9.17, 15) is 0 Å². The quantitative estimate of drug-likeness (QED) is 0.367. The Balaban J connectivity index is 1.19. The highest BCUT2D eigenvalue weighted by atomic mass is 79.9. The van der Waals surface area contributed by atoms with Crippen LogP contribution in [-0.4, -0.2) is 53.7 Å². The van der Waals surface area contributed by atoms with E-state index in [4.69, 9.17) is 9.72 Å². The summed E-state index contributed by atoms with van der Waals surface area (Å²) in [6, 6.07) is 16.1. The first kappa shape index (κ1) is 24.2. The van der Waals surface area contributed by atoms with Crippen LogP contribution in [0.1, 0.15) is 56.1 Å². The fourth-order valence-electron chi connectivity index (χ4n) is 6.26. The molecule has 1 aliphatic carbocycles. The average Bonchev–Trinajstić information content (AvgIpc) is 2.89. The van der Waals surface area contributed by atoms with Gasteiger partial charge in [0.05, 0.1) is 0 Å². The summed E-state index contributed by atoms with van der Waals surface area (Å²) in [5.41, 5.74) is 5.05. The van der Waals surface area contributed by atoms with Gasteiger partial charge in [-0.1, -0.05) is 54.1 Å². The predicted molar refractivity (Wildman–Crippen MR) is 151 cm³/mol. The van der Waals surface area contributed by atoms with Crippen molar-refractivity contribution in [3.05, 3.63) is 64.3 Å². The number of benzene rings is 2. The number of piperazine rings is 1. The Labute approximate surface area is 223 Å². The lowest BCUT2D eigenvalue weighted by molar-refractivity contribution is 0.0456. The third kappa shape index (κ3) is 5.27. The van der Waals surface area contributed by atoms with Crippen molar-refractivity contribution in [2.24, 2.45) is 0 Å². The third-order valence-electron chi connectivity index (χ3n) is 8.31. The van der Waals surface area contributed by atoms with Crippen LogP contribution in [-0.2, 0) is 13.1 Å². The minimum Gasteiger partial charge on any atom is -0.475 e. The zero-order valence-corrected chi connectivity index (χ0v) is 22.8. The Bertz CT molecular complexity index is 1170. The highest BCUT2D eigenvalue weighted by molar-refractivity contribution is 9.10. The molecule has 36 heavy (non-hydrogen) atoms. The highest BCUT2D eigenvalue weighted by Crippen LogP contribution is 2.37. The monoisotopic (exact) mass is 548 g/mol. The Morgan fingerprint density at radius 2 is 1.67 bits per heavy atom. The number of rotatable bonds is 4. The molecule has 0 unspecified atom stereocenters. The summed E-state index contributed by atoms with van der Waals surface area (Å²) in [7, 11) is 0. The number of anilines is 1. The van der Waals surface area contributed by atoms with Gasteiger partial charge in [-0.15, -0.1) is 0 Å². The van der Waals surface area contributed by atoms with Crippen LogP contribution in [0.2, 0.25) is 0 Å². The maximum Gasteiger partial charge on any atom is 0.152 e. The standard InChI is InChI=1S/C30H37BrN4O/c31-25-10-12-27(13-11-25)34-17-15-33(16-18-34)20-23-19-24-21-35(26-7-4-2-1-3-5-8-26)22-36-30(24)29-28(23)9-6-14-32-29/h6,9-14,19,26H,1-5,7-8,15-18,20-22H2. The first-order valence-electron chi connectivity index (χ1n) is 13.7. The molecule has 2 fully saturated rings. The lowest BCUT2D eigenvalue weighted by atomic mass is 9.94. The fraction of sp³-hybridized carbons (Fsp3) is 0.500. The zero-order valence-electron chi connectivity index (χ0n) is 21.2. The second-order valence-corrected chi connectivity index (χ2v) is 11.6. The number of pyridine rings is 1. The molecule has 6 heteroatoms. The number of hydrogen-bond acceptors (Lipinski definition) is 5. The predicted octanol–water partition coefficient (Wildman–Crippen LogP) is 6.58. The topological polar surface area (TPSA) is 31.8 Å². The number of ether oxygens (including phenoxy) is 1. The second-order valence-electron chi connectivity index (χ2n) is 10.7. The van der Waals surface area contributed by atoms with Gasteiger partial charge in [0, 0.05) is 72.6 Å². The van der Waals surface area contributed by atoms with Gasteiger partial charge in [-0.05, 0) is 54.8 Å². The number of aromatic nitrogens is 1. The molecule has 1 saturated heterocycles. The normalized spacial score (nSPS) is 20.5.